The maximum Gasteiger partial charge on any atom is 0.269 e. The van der Waals surface area contributed by atoms with Crippen molar-refractivity contribution in [3.63, 3.8) is 0 Å². The SMILES string of the molecule is CCCCNC(=O)[C@H](C)N(Cc1ccc(Br)cc1)C(=O)CN(c1ccc([N+](=O)[O-])cc1)S(=O)(=O)c1ccccc1. The second-order valence-electron chi connectivity index (χ2n) is 9.07. The molecule has 3 aromatic carbocycles. The monoisotopic (exact) mass is 630 g/mol. The van der Waals surface area contributed by atoms with E-state index in [0.29, 0.717) is 6.54 Å². The standard InChI is InChI=1S/C28H31BrN4O6S/c1-3-4-18-30-28(35)21(2)31(19-22-10-12-23(29)13-11-22)27(34)20-32(24-14-16-25(17-15-24)33(36)37)40(38,39)26-8-6-5-7-9-26/h5-17,21H,3-4,18-20H2,1-2H3,(H,30,35)/t21-/m0/s1. The zero-order chi connectivity index (χ0) is 29.3. The van der Waals surface area contributed by atoms with Gasteiger partial charge >= 0.3 is 0 Å². The van der Waals surface area contributed by atoms with Gasteiger partial charge in [-0.2, -0.15) is 0 Å². The Kier molecular flexibility index (Phi) is 10.8. The average Bonchev–Trinajstić information content (AvgIpc) is 2.95. The number of carbonyl (C=O) groups excluding carboxylic acids is 2. The van der Waals surface area contributed by atoms with Crippen molar-refractivity contribution in [2.24, 2.45) is 0 Å². The predicted octanol–water partition coefficient (Wildman–Crippen LogP) is 4.89. The number of unbranched alkanes of at least 4 members (excludes halogenated alkanes) is 1. The number of anilines is 1. The number of hydrogen-bond donors (Lipinski definition) is 1. The molecule has 0 fully saturated rings. The Labute approximate surface area is 242 Å². The Morgan fingerprint density at radius 1 is 1.00 bits per heavy atom. The number of nitrogens with zero attached hydrogens (tertiary/aromatic N) is 3. The molecule has 3 rings (SSSR count). The van der Waals surface area contributed by atoms with Gasteiger partial charge in [0.2, 0.25) is 11.8 Å². The van der Waals surface area contributed by atoms with Gasteiger partial charge < -0.3 is 10.2 Å². The molecular weight excluding hydrogens is 600 g/mol. The van der Waals surface area contributed by atoms with Crippen molar-refractivity contribution in [3.8, 4) is 0 Å². The summed E-state index contributed by atoms with van der Waals surface area (Å²) in [6, 6.07) is 18.9. The topological polar surface area (TPSA) is 130 Å². The molecule has 12 heteroatoms. The molecule has 10 nitrogen and oxygen atoms in total. The van der Waals surface area contributed by atoms with Crippen LogP contribution in [0.15, 0.2) is 88.2 Å². The second-order valence-corrected chi connectivity index (χ2v) is 11.8. The number of nitro groups is 1. The normalized spacial score (nSPS) is 11.9. The van der Waals surface area contributed by atoms with Gasteiger partial charge in [-0.1, -0.05) is 59.6 Å². The molecule has 0 saturated carbocycles. The van der Waals surface area contributed by atoms with Crippen LogP contribution in [-0.4, -0.2) is 49.2 Å². The number of nitro benzene ring substituents is 1. The number of carbonyl (C=O) groups is 2. The van der Waals surface area contributed by atoms with E-state index in [9.17, 15) is 28.1 Å². The molecular formula is C28H31BrN4O6S. The van der Waals surface area contributed by atoms with Crippen molar-refractivity contribution in [2.75, 3.05) is 17.4 Å². The number of non-ortho nitro benzene ring substituents is 1. The van der Waals surface area contributed by atoms with Crippen LogP contribution in [0.3, 0.4) is 0 Å². The Morgan fingerprint density at radius 3 is 2.20 bits per heavy atom. The van der Waals surface area contributed by atoms with Gasteiger partial charge in [0.1, 0.15) is 12.6 Å². The van der Waals surface area contributed by atoms with Crippen LogP contribution in [-0.2, 0) is 26.2 Å². The summed E-state index contributed by atoms with van der Waals surface area (Å²) in [7, 11) is -4.25. The maximum absolute atomic E-state index is 13.8. The van der Waals surface area contributed by atoms with Crippen molar-refractivity contribution in [1.82, 2.24) is 10.2 Å². The fraction of sp³-hybridized carbons (Fsp3) is 0.286. The second kappa shape index (κ2) is 14.0. The van der Waals surface area contributed by atoms with Crippen LogP contribution in [0.2, 0.25) is 0 Å². The summed E-state index contributed by atoms with van der Waals surface area (Å²) >= 11 is 3.38. The van der Waals surface area contributed by atoms with Crippen molar-refractivity contribution >= 4 is 49.1 Å². The third-order valence-corrected chi connectivity index (χ3v) is 8.54. The highest BCUT2D eigenvalue weighted by Gasteiger charge is 2.32. The van der Waals surface area contributed by atoms with Gasteiger partial charge in [-0.3, -0.25) is 24.0 Å². The van der Waals surface area contributed by atoms with E-state index < -0.39 is 33.4 Å². The van der Waals surface area contributed by atoms with E-state index in [1.807, 2.05) is 19.1 Å². The number of rotatable bonds is 13. The molecule has 0 unspecified atom stereocenters. The lowest BCUT2D eigenvalue weighted by Crippen LogP contribution is -2.51. The molecule has 0 aliphatic heterocycles. The molecule has 0 bridgehead atoms. The van der Waals surface area contributed by atoms with Crippen LogP contribution in [0.4, 0.5) is 11.4 Å². The van der Waals surface area contributed by atoms with E-state index in [4.69, 9.17) is 0 Å². The molecule has 2 amide bonds. The lowest BCUT2D eigenvalue weighted by Gasteiger charge is -2.32. The summed E-state index contributed by atoms with van der Waals surface area (Å²) in [6.45, 7) is 3.49. The third kappa shape index (κ3) is 7.89. The van der Waals surface area contributed by atoms with Crippen molar-refractivity contribution in [1.29, 1.82) is 0 Å². The molecule has 0 heterocycles. The van der Waals surface area contributed by atoms with E-state index in [1.54, 1.807) is 37.3 Å². The molecule has 1 N–H and O–H groups in total. The number of nitrogens with one attached hydrogen (secondary N) is 1. The highest BCUT2D eigenvalue weighted by Crippen LogP contribution is 2.26. The Morgan fingerprint density at radius 2 is 1.62 bits per heavy atom. The van der Waals surface area contributed by atoms with Gasteiger partial charge in [-0.25, -0.2) is 8.42 Å². The minimum Gasteiger partial charge on any atom is -0.354 e. The van der Waals surface area contributed by atoms with E-state index in [1.165, 1.54) is 41.3 Å². The summed E-state index contributed by atoms with van der Waals surface area (Å²) < 4.78 is 29.2. The highest BCUT2D eigenvalue weighted by molar-refractivity contribution is 9.10. The first-order valence-electron chi connectivity index (χ1n) is 12.7. The summed E-state index contributed by atoms with van der Waals surface area (Å²) in [5.41, 5.74) is 0.602. The number of halogens is 1. The maximum atomic E-state index is 13.8. The van der Waals surface area contributed by atoms with Gasteiger partial charge in [-0.15, -0.1) is 0 Å². The molecule has 0 aromatic heterocycles. The largest absolute Gasteiger partial charge is 0.354 e. The quantitative estimate of drug-likeness (QED) is 0.163. The zero-order valence-corrected chi connectivity index (χ0v) is 24.6. The summed E-state index contributed by atoms with van der Waals surface area (Å²) in [4.78, 5) is 38.7. The van der Waals surface area contributed by atoms with Crippen LogP contribution >= 0.6 is 15.9 Å². The van der Waals surface area contributed by atoms with Crippen molar-refractivity contribution < 1.29 is 22.9 Å². The van der Waals surface area contributed by atoms with Crippen LogP contribution in [0.1, 0.15) is 32.3 Å². The van der Waals surface area contributed by atoms with E-state index in [-0.39, 0.29) is 28.7 Å². The first kappa shape index (κ1) is 30.8. The Hall–Kier alpha value is -3.77. The molecule has 1 atom stereocenters. The average molecular weight is 632 g/mol. The molecule has 40 heavy (non-hydrogen) atoms. The van der Waals surface area contributed by atoms with Gasteiger partial charge in [0.15, 0.2) is 0 Å². The van der Waals surface area contributed by atoms with Crippen molar-refractivity contribution in [3.05, 3.63) is 99.0 Å². The summed E-state index contributed by atoms with van der Waals surface area (Å²) in [6.07, 6.45) is 1.67. The fourth-order valence-electron chi connectivity index (χ4n) is 3.89. The lowest BCUT2D eigenvalue weighted by molar-refractivity contribution is -0.384. The van der Waals surface area contributed by atoms with Crippen molar-refractivity contribution in [2.45, 2.75) is 44.2 Å². The number of sulfonamides is 1. The van der Waals surface area contributed by atoms with Crippen LogP contribution in [0.5, 0.6) is 0 Å². The number of hydrogen-bond acceptors (Lipinski definition) is 6. The van der Waals surface area contributed by atoms with Gasteiger partial charge in [0.25, 0.3) is 15.7 Å². The van der Waals surface area contributed by atoms with Gasteiger partial charge in [-0.05, 0) is 55.3 Å². The molecule has 212 valence electrons. The first-order valence-corrected chi connectivity index (χ1v) is 14.9. The van der Waals surface area contributed by atoms with E-state index >= 15 is 0 Å². The number of amides is 2. The Bertz CT molecular complexity index is 1420. The fourth-order valence-corrected chi connectivity index (χ4v) is 5.59. The minimum atomic E-state index is -4.25. The molecule has 0 aliphatic rings. The van der Waals surface area contributed by atoms with Gasteiger partial charge in [0.05, 0.1) is 15.5 Å². The number of benzene rings is 3. The molecule has 0 spiro atoms. The van der Waals surface area contributed by atoms with Gasteiger partial charge in [0, 0.05) is 29.7 Å². The molecule has 0 aliphatic carbocycles. The van der Waals surface area contributed by atoms with Crippen LogP contribution < -0.4 is 9.62 Å². The molecule has 3 aromatic rings. The molecule has 0 saturated heterocycles. The van der Waals surface area contributed by atoms with E-state index in [0.717, 1.165) is 27.2 Å². The first-order chi connectivity index (χ1) is 19.0. The summed E-state index contributed by atoms with van der Waals surface area (Å²) in [5.74, 6) is -0.967. The zero-order valence-electron chi connectivity index (χ0n) is 22.2. The highest BCUT2D eigenvalue weighted by atomic mass is 79.9. The molecule has 0 radical (unpaired) electrons. The smallest absolute Gasteiger partial charge is 0.269 e. The van der Waals surface area contributed by atoms with Crippen LogP contribution in [0.25, 0.3) is 0 Å². The third-order valence-electron chi connectivity index (χ3n) is 6.22. The lowest BCUT2D eigenvalue weighted by atomic mass is 10.1. The predicted molar refractivity (Wildman–Crippen MR) is 156 cm³/mol. The summed E-state index contributed by atoms with van der Waals surface area (Å²) in [5, 5.41) is 14.0. The minimum absolute atomic E-state index is 0.0500. The van der Waals surface area contributed by atoms with Crippen LogP contribution in [0, 0.1) is 10.1 Å². The van der Waals surface area contributed by atoms with E-state index in [2.05, 4.69) is 21.2 Å². The Balaban J connectivity index is 2.00.